The average Bonchev–Trinajstić information content (AvgIpc) is 2.59. The predicted molar refractivity (Wildman–Crippen MR) is 61.5 cm³/mol. The molecule has 0 radical (unpaired) electrons. The summed E-state index contributed by atoms with van der Waals surface area (Å²) < 4.78 is 28.1. The number of aromatic amines is 1. The minimum absolute atomic E-state index is 0.213. The molecule has 17 heavy (non-hydrogen) atoms. The van der Waals surface area contributed by atoms with E-state index in [9.17, 15) is 8.78 Å². The minimum Gasteiger partial charge on any atom is -0.250 e. The number of halogens is 2. The molecule has 0 saturated heterocycles. The number of aromatic nitrogens is 3. The summed E-state index contributed by atoms with van der Waals surface area (Å²) in [6, 6.07) is 3.61. The predicted octanol–water partition coefficient (Wildman–Crippen LogP) is 2.41. The molecule has 0 aliphatic heterocycles. The second-order valence-electron chi connectivity index (χ2n) is 3.27. The van der Waals surface area contributed by atoms with E-state index >= 15 is 0 Å². The lowest BCUT2D eigenvalue weighted by Crippen LogP contribution is -1.98. The van der Waals surface area contributed by atoms with Crippen LogP contribution in [0, 0.1) is 23.3 Å². The van der Waals surface area contributed by atoms with Crippen molar-refractivity contribution in [3.8, 4) is 0 Å². The molecule has 88 valence electrons. The third-order valence-electron chi connectivity index (χ3n) is 2.11. The molecule has 7 heteroatoms. The van der Waals surface area contributed by atoms with Crippen molar-refractivity contribution in [2.45, 2.75) is 6.92 Å². The summed E-state index contributed by atoms with van der Waals surface area (Å²) in [5, 5.41) is 10.2. The number of nitrogens with one attached hydrogen (secondary N) is 1. The normalized spacial score (nSPS) is 11.2. The number of aryl methyl sites for hydroxylation is 1. The van der Waals surface area contributed by atoms with Crippen molar-refractivity contribution in [3.63, 3.8) is 0 Å². The smallest absolute Gasteiger partial charge is 0.216 e. The summed E-state index contributed by atoms with van der Waals surface area (Å²) in [5.74, 6) is -0.856. The van der Waals surface area contributed by atoms with Gasteiger partial charge in [-0.3, -0.25) is 5.10 Å². The maximum Gasteiger partial charge on any atom is 0.216 e. The van der Waals surface area contributed by atoms with Crippen molar-refractivity contribution >= 4 is 18.4 Å². The molecule has 0 aliphatic carbocycles. The van der Waals surface area contributed by atoms with Crippen LogP contribution in [-0.4, -0.2) is 21.1 Å². The van der Waals surface area contributed by atoms with Gasteiger partial charge in [0.1, 0.15) is 17.5 Å². The molecule has 1 N–H and O–H groups in total. The number of H-pyrrole nitrogens is 1. The highest BCUT2D eigenvalue weighted by atomic mass is 32.1. The van der Waals surface area contributed by atoms with Crippen LogP contribution in [0.5, 0.6) is 0 Å². The van der Waals surface area contributed by atoms with Crippen LogP contribution in [0.25, 0.3) is 0 Å². The zero-order valence-electron chi connectivity index (χ0n) is 8.82. The molecule has 1 heterocycles. The highest BCUT2D eigenvalue weighted by Gasteiger charge is 2.05. The van der Waals surface area contributed by atoms with Gasteiger partial charge in [-0.05, 0) is 31.3 Å². The highest BCUT2D eigenvalue weighted by molar-refractivity contribution is 7.71. The molecule has 0 atom stereocenters. The topological polar surface area (TPSA) is 46.0 Å². The van der Waals surface area contributed by atoms with E-state index in [1.54, 1.807) is 6.92 Å². The average molecular weight is 254 g/mol. The third kappa shape index (κ3) is 2.28. The van der Waals surface area contributed by atoms with Gasteiger partial charge < -0.3 is 0 Å². The number of nitrogens with zero attached hydrogens (tertiary/aromatic N) is 3. The Balaban J connectivity index is 2.43. The molecule has 0 fully saturated rings. The zero-order valence-corrected chi connectivity index (χ0v) is 9.63. The molecule has 0 amide bonds. The summed E-state index contributed by atoms with van der Waals surface area (Å²) in [6.07, 6.45) is 1.07. The van der Waals surface area contributed by atoms with Gasteiger partial charge >= 0.3 is 0 Å². The highest BCUT2D eigenvalue weighted by Crippen LogP contribution is 2.09. The van der Waals surface area contributed by atoms with Crippen molar-refractivity contribution in [2.24, 2.45) is 5.10 Å². The first-order valence-corrected chi connectivity index (χ1v) is 5.13. The standard InChI is InChI=1S/C10H8F2N4S/c1-6-14-15-10(17)16(6)13-5-7-8(11)3-2-4-9(7)12/h2-5H,1H3,(H,15,17). The van der Waals surface area contributed by atoms with Gasteiger partial charge in [-0.2, -0.15) is 14.9 Å². The lowest BCUT2D eigenvalue weighted by atomic mass is 10.2. The van der Waals surface area contributed by atoms with Gasteiger partial charge in [0, 0.05) is 0 Å². The largest absolute Gasteiger partial charge is 0.250 e. The van der Waals surface area contributed by atoms with Crippen LogP contribution in [0.3, 0.4) is 0 Å². The van der Waals surface area contributed by atoms with E-state index in [4.69, 9.17) is 12.2 Å². The van der Waals surface area contributed by atoms with Crippen LogP contribution < -0.4 is 0 Å². The molecule has 4 nitrogen and oxygen atoms in total. The minimum atomic E-state index is -0.679. The van der Waals surface area contributed by atoms with Gasteiger partial charge in [0.15, 0.2) is 0 Å². The van der Waals surface area contributed by atoms with Crippen molar-refractivity contribution < 1.29 is 8.78 Å². The number of rotatable bonds is 2. The molecule has 0 saturated carbocycles. The fourth-order valence-corrected chi connectivity index (χ4v) is 1.48. The van der Waals surface area contributed by atoms with E-state index in [1.165, 1.54) is 10.7 Å². The van der Waals surface area contributed by atoms with Crippen molar-refractivity contribution in [2.75, 3.05) is 0 Å². The quantitative estimate of drug-likeness (QED) is 0.660. The molecule has 2 rings (SSSR count). The Morgan fingerprint density at radius 1 is 1.41 bits per heavy atom. The first-order valence-electron chi connectivity index (χ1n) is 4.72. The Bertz CT molecular complexity index is 609. The summed E-state index contributed by atoms with van der Waals surface area (Å²) in [6.45, 7) is 1.67. The van der Waals surface area contributed by atoms with E-state index in [-0.39, 0.29) is 10.3 Å². The van der Waals surface area contributed by atoms with Crippen LogP contribution in [0.4, 0.5) is 8.78 Å². The van der Waals surface area contributed by atoms with E-state index in [2.05, 4.69) is 15.3 Å². The molecule has 0 aliphatic rings. The number of benzene rings is 1. The van der Waals surface area contributed by atoms with Crippen LogP contribution in [-0.2, 0) is 0 Å². The molecule has 2 aromatic rings. The fourth-order valence-electron chi connectivity index (χ4n) is 1.26. The molecule has 0 bridgehead atoms. The van der Waals surface area contributed by atoms with E-state index in [0.717, 1.165) is 18.3 Å². The number of hydrogen-bond donors (Lipinski definition) is 1. The van der Waals surface area contributed by atoms with Gasteiger partial charge in [0.25, 0.3) is 0 Å². The first-order chi connectivity index (χ1) is 8.09. The number of hydrogen-bond acceptors (Lipinski definition) is 3. The molecular weight excluding hydrogens is 246 g/mol. The van der Waals surface area contributed by atoms with Gasteiger partial charge in [-0.25, -0.2) is 8.78 Å². The van der Waals surface area contributed by atoms with Crippen molar-refractivity contribution in [1.82, 2.24) is 14.9 Å². The van der Waals surface area contributed by atoms with Crippen molar-refractivity contribution in [3.05, 3.63) is 46.0 Å². The Hall–Kier alpha value is -1.89. The van der Waals surface area contributed by atoms with Gasteiger partial charge in [0.2, 0.25) is 4.77 Å². The summed E-state index contributed by atoms with van der Waals surface area (Å²) >= 11 is 4.90. The van der Waals surface area contributed by atoms with Gasteiger partial charge in [-0.15, -0.1) is 0 Å². The Morgan fingerprint density at radius 2 is 2.06 bits per heavy atom. The molecule has 1 aromatic carbocycles. The van der Waals surface area contributed by atoms with Crippen LogP contribution in [0.2, 0.25) is 0 Å². The van der Waals surface area contributed by atoms with Crippen LogP contribution >= 0.6 is 12.2 Å². The van der Waals surface area contributed by atoms with Crippen molar-refractivity contribution in [1.29, 1.82) is 0 Å². The lowest BCUT2D eigenvalue weighted by molar-refractivity contribution is 0.579. The molecule has 0 spiro atoms. The molecule has 1 aromatic heterocycles. The van der Waals surface area contributed by atoms with E-state index in [0.29, 0.717) is 5.82 Å². The summed E-state index contributed by atoms with van der Waals surface area (Å²) in [7, 11) is 0. The molecular formula is C10H8F2N4S. The maximum absolute atomic E-state index is 13.3. The van der Waals surface area contributed by atoms with Gasteiger partial charge in [0.05, 0.1) is 11.8 Å². The Kier molecular flexibility index (Phi) is 3.10. The summed E-state index contributed by atoms with van der Waals surface area (Å²) in [4.78, 5) is 0. The second-order valence-corrected chi connectivity index (χ2v) is 3.65. The second kappa shape index (κ2) is 4.54. The Morgan fingerprint density at radius 3 is 2.59 bits per heavy atom. The third-order valence-corrected chi connectivity index (χ3v) is 2.38. The van der Waals surface area contributed by atoms with Crippen LogP contribution in [0.1, 0.15) is 11.4 Å². The first kappa shape index (κ1) is 11.6. The Labute approximate surface area is 101 Å². The fraction of sp³-hybridized carbons (Fsp3) is 0.100. The van der Waals surface area contributed by atoms with Gasteiger partial charge in [-0.1, -0.05) is 6.07 Å². The van der Waals surface area contributed by atoms with E-state index in [1.807, 2.05) is 0 Å². The molecule has 0 unspecified atom stereocenters. The zero-order chi connectivity index (χ0) is 12.4. The lowest BCUT2D eigenvalue weighted by Gasteiger charge is -1.98. The summed E-state index contributed by atoms with van der Waals surface area (Å²) in [5.41, 5.74) is -0.213. The van der Waals surface area contributed by atoms with E-state index < -0.39 is 11.6 Å². The van der Waals surface area contributed by atoms with Crippen LogP contribution in [0.15, 0.2) is 23.3 Å². The maximum atomic E-state index is 13.3. The SMILES string of the molecule is Cc1n[nH]c(=S)n1N=Cc1c(F)cccc1F. The monoisotopic (exact) mass is 254 g/mol.